The second kappa shape index (κ2) is 6.00. The molecule has 0 atom stereocenters. The van der Waals surface area contributed by atoms with E-state index < -0.39 is 0 Å². The minimum absolute atomic E-state index is 0.0839. The minimum Gasteiger partial charge on any atom is -0.332 e. The molecular formula is C13H22N4O. The third kappa shape index (κ3) is 2.90. The molecule has 2 rings (SSSR count). The summed E-state index contributed by atoms with van der Waals surface area (Å²) in [6.07, 6.45) is 7.19. The maximum Gasteiger partial charge on any atom is 0.233 e. The Hall–Kier alpha value is -1.36. The van der Waals surface area contributed by atoms with Crippen LogP contribution in [0.15, 0.2) is 0 Å². The lowest BCUT2D eigenvalue weighted by atomic mass is 10.0. The van der Waals surface area contributed by atoms with E-state index in [9.17, 15) is 4.79 Å². The highest BCUT2D eigenvalue weighted by molar-refractivity contribution is 5.75. The van der Waals surface area contributed by atoms with E-state index in [1.54, 1.807) is 0 Å². The van der Waals surface area contributed by atoms with Crippen LogP contribution >= 0.6 is 0 Å². The summed E-state index contributed by atoms with van der Waals surface area (Å²) >= 11 is 0. The molecule has 0 aromatic carbocycles. The van der Waals surface area contributed by atoms with Crippen molar-refractivity contribution in [2.45, 2.75) is 58.4 Å². The van der Waals surface area contributed by atoms with Crippen molar-refractivity contribution in [3.05, 3.63) is 17.2 Å². The van der Waals surface area contributed by atoms with E-state index in [0.717, 1.165) is 38.1 Å². The largest absolute Gasteiger partial charge is 0.332 e. The molecule has 1 aliphatic rings. The molecule has 1 amide bonds. The number of nitrogens with one attached hydrogen (secondary N) is 1. The monoisotopic (exact) mass is 250 g/mol. The Balaban J connectivity index is 1.89. The number of carbonyl (C=O) groups excluding carboxylic acids is 1. The normalized spacial score (nSPS) is 14.3. The molecule has 100 valence electrons. The van der Waals surface area contributed by atoms with Crippen LogP contribution in [-0.2, 0) is 24.2 Å². The minimum atomic E-state index is -0.0839. The zero-order valence-electron chi connectivity index (χ0n) is 11.0. The highest BCUT2D eigenvalue weighted by atomic mass is 16.2. The lowest BCUT2D eigenvalue weighted by molar-refractivity contribution is -0.121. The predicted molar refractivity (Wildman–Crippen MR) is 69.8 cm³/mol. The van der Waals surface area contributed by atoms with Crippen LogP contribution in [0.4, 0.5) is 0 Å². The van der Waals surface area contributed by atoms with E-state index in [1.807, 2.05) is 0 Å². The van der Waals surface area contributed by atoms with Crippen molar-refractivity contribution >= 4 is 5.91 Å². The SMILES string of the molecule is Cc1nc2c(n1CCCCC(=O)NN)CCCC2. The molecule has 1 heterocycles. The Morgan fingerprint density at radius 2 is 2.17 bits per heavy atom. The number of nitrogens with zero attached hydrogens (tertiary/aromatic N) is 2. The maximum atomic E-state index is 11.0. The van der Waals surface area contributed by atoms with E-state index >= 15 is 0 Å². The van der Waals surface area contributed by atoms with Crippen molar-refractivity contribution in [2.75, 3.05) is 0 Å². The molecule has 0 spiro atoms. The van der Waals surface area contributed by atoms with Crippen LogP contribution in [-0.4, -0.2) is 15.5 Å². The standard InChI is InChI=1S/C13H22N4O/c1-10-15-11-6-2-3-7-12(11)17(10)9-5-4-8-13(18)16-14/h2-9,14H2,1H3,(H,16,18). The van der Waals surface area contributed by atoms with Gasteiger partial charge in [0.15, 0.2) is 0 Å². The molecule has 5 heteroatoms. The zero-order valence-corrected chi connectivity index (χ0v) is 11.0. The predicted octanol–water partition coefficient (Wildman–Crippen LogP) is 1.23. The smallest absolute Gasteiger partial charge is 0.233 e. The average Bonchev–Trinajstić information content (AvgIpc) is 2.70. The fourth-order valence-corrected chi connectivity index (χ4v) is 2.66. The zero-order chi connectivity index (χ0) is 13.0. The number of aryl methyl sites for hydroxylation is 2. The summed E-state index contributed by atoms with van der Waals surface area (Å²) in [6.45, 7) is 3.04. The Bertz CT molecular complexity index is 425. The van der Waals surface area contributed by atoms with Crippen molar-refractivity contribution < 1.29 is 4.79 Å². The molecule has 1 aliphatic carbocycles. The van der Waals surface area contributed by atoms with Gasteiger partial charge in [0.25, 0.3) is 0 Å². The van der Waals surface area contributed by atoms with Crippen LogP contribution in [0.2, 0.25) is 0 Å². The number of hydrazine groups is 1. The van der Waals surface area contributed by atoms with E-state index in [0.29, 0.717) is 6.42 Å². The van der Waals surface area contributed by atoms with Crippen molar-refractivity contribution in [2.24, 2.45) is 5.84 Å². The molecule has 1 aromatic heterocycles. The topological polar surface area (TPSA) is 72.9 Å². The third-order valence-electron chi connectivity index (χ3n) is 3.62. The van der Waals surface area contributed by atoms with E-state index in [-0.39, 0.29) is 5.91 Å². The first-order chi connectivity index (χ1) is 8.72. The summed E-state index contributed by atoms with van der Waals surface area (Å²) < 4.78 is 2.33. The van der Waals surface area contributed by atoms with Gasteiger partial charge in [0, 0.05) is 18.7 Å². The highest BCUT2D eigenvalue weighted by Crippen LogP contribution is 2.22. The molecular weight excluding hydrogens is 228 g/mol. The highest BCUT2D eigenvalue weighted by Gasteiger charge is 2.17. The average molecular weight is 250 g/mol. The Morgan fingerprint density at radius 1 is 1.39 bits per heavy atom. The van der Waals surface area contributed by atoms with Gasteiger partial charge in [0.2, 0.25) is 5.91 Å². The van der Waals surface area contributed by atoms with Gasteiger partial charge in [-0.05, 0) is 45.4 Å². The summed E-state index contributed by atoms with van der Waals surface area (Å²) in [5.74, 6) is 6.08. The molecule has 0 saturated carbocycles. The lowest BCUT2D eigenvalue weighted by Gasteiger charge is -2.14. The van der Waals surface area contributed by atoms with Crippen molar-refractivity contribution in [3.8, 4) is 0 Å². The summed E-state index contributed by atoms with van der Waals surface area (Å²) in [7, 11) is 0. The number of fused-ring (bicyclic) bond motifs is 1. The molecule has 0 unspecified atom stereocenters. The summed E-state index contributed by atoms with van der Waals surface area (Å²) in [5, 5.41) is 0. The first-order valence-corrected chi connectivity index (χ1v) is 6.76. The van der Waals surface area contributed by atoms with Gasteiger partial charge < -0.3 is 4.57 Å². The molecule has 5 nitrogen and oxygen atoms in total. The van der Waals surface area contributed by atoms with Gasteiger partial charge in [0.05, 0.1) is 5.69 Å². The number of hydrogen-bond donors (Lipinski definition) is 2. The molecule has 0 fully saturated rings. The van der Waals surface area contributed by atoms with Crippen LogP contribution in [0.5, 0.6) is 0 Å². The Morgan fingerprint density at radius 3 is 2.94 bits per heavy atom. The van der Waals surface area contributed by atoms with Crippen molar-refractivity contribution in [1.82, 2.24) is 15.0 Å². The summed E-state index contributed by atoms with van der Waals surface area (Å²) in [5.41, 5.74) is 4.87. The van der Waals surface area contributed by atoms with Crippen molar-refractivity contribution in [3.63, 3.8) is 0 Å². The van der Waals surface area contributed by atoms with Crippen LogP contribution in [0.3, 0.4) is 0 Å². The number of imidazole rings is 1. The van der Waals surface area contributed by atoms with E-state index in [2.05, 4.69) is 21.9 Å². The van der Waals surface area contributed by atoms with Gasteiger partial charge in [-0.1, -0.05) is 0 Å². The first kappa shape index (κ1) is 13.1. The quantitative estimate of drug-likeness (QED) is 0.357. The van der Waals surface area contributed by atoms with E-state index in [1.165, 1.54) is 24.2 Å². The van der Waals surface area contributed by atoms with Crippen LogP contribution in [0, 0.1) is 6.92 Å². The van der Waals surface area contributed by atoms with Gasteiger partial charge in [-0.2, -0.15) is 0 Å². The molecule has 3 N–H and O–H groups in total. The number of nitrogens with two attached hydrogens (primary N) is 1. The fourth-order valence-electron chi connectivity index (χ4n) is 2.66. The molecule has 1 aromatic rings. The lowest BCUT2D eigenvalue weighted by Crippen LogP contribution is -2.29. The van der Waals surface area contributed by atoms with Crippen molar-refractivity contribution in [1.29, 1.82) is 0 Å². The van der Waals surface area contributed by atoms with E-state index in [4.69, 9.17) is 5.84 Å². The van der Waals surface area contributed by atoms with Crippen LogP contribution in [0.25, 0.3) is 0 Å². The van der Waals surface area contributed by atoms with Gasteiger partial charge in [-0.15, -0.1) is 0 Å². The number of carbonyl (C=O) groups is 1. The molecule has 0 saturated heterocycles. The number of aromatic nitrogens is 2. The fraction of sp³-hybridized carbons (Fsp3) is 0.692. The van der Waals surface area contributed by atoms with Gasteiger partial charge >= 0.3 is 0 Å². The molecule has 0 bridgehead atoms. The molecule has 0 aliphatic heterocycles. The summed E-state index contributed by atoms with van der Waals surface area (Å²) in [6, 6.07) is 0. The Kier molecular flexibility index (Phi) is 4.36. The first-order valence-electron chi connectivity index (χ1n) is 6.76. The third-order valence-corrected chi connectivity index (χ3v) is 3.62. The van der Waals surface area contributed by atoms with Gasteiger partial charge in [-0.3, -0.25) is 10.2 Å². The number of unbranched alkanes of at least 4 members (excludes halogenated alkanes) is 1. The number of hydrogen-bond acceptors (Lipinski definition) is 3. The second-order valence-electron chi connectivity index (χ2n) is 4.94. The molecule has 18 heavy (non-hydrogen) atoms. The number of amides is 1. The van der Waals surface area contributed by atoms with Crippen LogP contribution < -0.4 is 11.3 Å². The van der Waals surface area contributed by atoms with Crippen LogP contribution in [0.1, 0.15) is 49.3 Å². The number of rotatable bonds is 5. The molecule has 0 radical (unpaired) electrons. The Labute approximate surface area is 108 Å². The summed E-state index contributed by atoms with van der Waals surface area (Å²) in [4.78, 5) is 15.7. The van der Waals surface area contributed by atoms with Gasteiger partial charge in [-0.25, -0.2) is 10.8 Å². The maximum absolute atomic E-state index is 11.0. The van der Waals surface area contributed by atoms with Gasteiger partial charge in [0.1, 0.15) is 5.82 Å². The second-order valence-corrected chi connectivity index (χ2v) is 4.94.